The van der Waals surface area contributed by atoms with Gasteiger partial charge < -0.3 is 15.3 Å². The summed E-state index contributed by atoms with van der Waals surface area (Å²) < 4.78 is 0. The van der Waals surface area contributed by atoms with Crippen molar-refractivity contribution in [3.8, 4) is 0 Å². The SMILES string of the molecule is CO.O=Nc1ccc(N2CCNCC2)c2ccc[nH+]c12. The number of aromatic amines is 1. The Morgan fingerprint density at radius 1 is 1.25 bits per heavy atom. The second-order valence-corrected chi connectivity index (χ2v) is 4.39. The first-order valence-corrected chi connectivity index (χ1v) is 6.57. The predicted octanol–water partition coefficient (Wildman–Crippen LogP) is 1.07. The summed E-state index contributed by atoms with van der Waals surface area (Å²) in [5.74, 6) is 0. The minimum absolute atomic E-state index is 0.462. The predicted molar refractivity (Wildman–Crippen MR) is 79.2 cm³/mol. The van der Waals surface area contributed by atoms with Gasteiger partial charge in [0.1, 0.15) is 0 Å². The molecule has 1 saturated heterocycles. The van der Waals surface area contributed by atoms with E-state index >= 15 is 0 Å². The molecule has 3 rings (SSSR count). The van der Waals surface area contributed by atoms with Crippen LogP contribution in [0.2, 0.25) is 0 Å². The van der Waals surface area contributed by atoms with Crippen molar-refractivity contribution in [1.29, 1.82) is 0 Å². The number of aromatic nitrogens is 1. The Morgan fingerprint density at radius 3 is 2.70 bits per heavy atom. The summed E-state index contributed by atoms with van der Waals surface area (Å²) in [4.78, 5) is 16.3. The Hall–Kier alpha value is -2.05. The van der Waals surface area contributed by atoms with Crippen molar-refractivity contribution in [3.63, 3.8) is 0 Å². The number of piperazine rings is 1. The molecule has 0 unspecified atom stereocenters. The van der Waals surface area contributed by atoms with Gasteiger partial charge in [-0.3, -0.25) is 0 Å². The van der Waals surface area contributed by atoms with E-state index < -0.39 is 0 Å². The van der Waals surface area contributed by atoms with Crippen LogP contribution in [0, 0.1) is 4.91 Å². The smallest absolute Gasteiger partial charge is 0.242 e. The molecule has 1 aromatic heterocycles. The molecule has 0 spiro atoms. The molecule has 0 amide bonds. The standard InChI is InChI=1S/C13H14N4O.CH4O/c18-16-11-3-4-12(17-8-6-14-7-9-17)10-2-1-5-15-13(10)11;1-2/h1-5,14H,6-9H2;2H,1H3/p+1. The molecular weight excluding hydrogens is 256 g/mol. The van der Waals surface area contributed by atoms with E-state index in [9.17, 15) is 4.91 Å². The van der Waals surface area contributed by atoms with E-state index in [0.29, 0.717) is 5.69 Å². The lowest BCUT2D eigenvalue weighted by Gasteiger charge is -2.29. The van der Waals surface area contributed by atoms with E-state index in [4.69, 9.17) is 5.11 Å². The Morgan fingerprint density at radius 2 is 2.00 bits per heavy atom. The fourth-order valence-electron chi connectivity index (χ4n) is 2.45. The molecule has 1 aliphatic heterocycles. The third kappa shape index (κ3) is 2.76. The van der Waals surface area contributed by atoms with Gasteiger partial charge in [0.2, 0.25) is 5.52 Å². The van der Waals surface area contributed by atoms with Crippen LogP contribution in [0.4, 0.5) is 11.4 Å². The van der Waals surface area contributed by atoms with Crippen molar-refractivity contribution in [2.45, 2.75) is 0 Å². The number of aliphatic hydroxyl groups is 1. The van der Waals surface area contributed by atoms with Gasteiger partial charge in [-0.05, 0) is 23.4 Å². The molecule has 0 radical (unpaired) electrons. The second kappa shape index (κ2) is 6.93. The van der Waals surface area contributed by atoms with Crippen LogP contribution < -0.4 is 15.2 Å². The summed E-state index contributed by atoms with van der Waals surface area (Å²) in [7, 11) is 1.00. The minimum atomic E-state index is 0.462. The van der Waals surface area contributed by atoms with Crippen molar-refractivity contribution in [3.05, 3.63) is 35.4 Å². The molecule has 0 atom stereocenters. The topological polar surface area (TPSA) is 79.1 Å². The van der Waals surface area contributed by atoms with Gasteiger partial charge in [0.15, 0.2) is 11.9 Å². The van der Waals surface area contributed by atoms with E-state index in [1.165, 1.54) is 0 Å². The van der Waals surface area contributed by atoms with Crippen molar-refractivity contribution in [2.75, 3.05) is 38.2 Å². The van der Waals surface area contributed by atoms with Gasteiger partial charge in [-0.25, -0.2) is 4.98 Å². The van der Waals surface area contributed by atoms with E-state index in [-0.39, 0.29) is 0 Å². The maximum Gasteiger partial charge on any atom is 0.242 e. The van der Waals surface area contributed by atoms with Gasteiger partial charge in [-0.15, -0.1) is 4.91 Å². The first-order valence-electron chi connectivity index (χ1n) is 6.57. The first-order chi connectivity index (χ1) is 9.90. The summed E-state index contributed by atoms with van der Waals surface area (Å²) >= 11 is 0. The molecule has 2 aromatic rings. The lowest BCUT2D eigenvalue weighted by molar-refractivity contribution is -0.344. The summed E-state index contributed by atoms with van der Waals surface area (Å²) in [6.07, 6.45) is 1.82. The van der Waals surface area contributed by atoms with Gasteiger partial charge in [0.25, 0.3) is 0 Å². The molecule has 1 aliphatic rings. The van der Waals surface area contributed by atoms with Gasteiger partial charge >= 0.3 is 0 Å². The van der Waals surface area contributed by atoms with E-state index in [1.54, 1.807) is 6.07 Å². The lowest BCUT2D eigenvalue weighted by atomic mass is 10.1. The Kier molecular flexibility index (Phi) is 4.97. The van der Waals surface area contributed by atoms with E-state index in [1.807, 2.05) is 24.4 Å². The van der Waals surface area contributed by atoms with Crippen molar-refractivity contribution >= 4 is 22.3 Å². The van der Waals surface area contributed by atoms with E-state index in [2.05, 4.69) is 20.4 Å². The highest BCUT2D eigenvalue weighted by Crippen LogP contribution is 2.31. The molecule has 1 aromatic carbocycles. The molecule has 6 nitrogen and oxygen atoms in total. The number of pyridine rings is 1. The average molecular weight is 275 g/mol. The number of benzene rings is 1. The molecule has 3 N–H and O–H groups in total. The number of nitrogens with one attached hydrogen (secondary N) is 2. The molecule has 1 fully saturated rings. The van der Waals surface area contributed by atoms with E-state index in [0.717, 1.165) is 49.9 Å². The first kappa shape index (κ1) is 14.4. The normalized spacial score (nSPS) is 14.6. The number of rotatable bonds is 2. The van der Waals surface area contributed by atoms with Crippen LogP contribution in [-0.2, 0) is 0 Å². The monoisotopic (exact) mass is 275 g/mol. The Bertz CT molecular complexity index is 582. The van der Waals surface area contributed by atoms with Crippen molar-refractivity contribution in [1.82, 2.24) is 5.32 Å². The maximum atomic E-state index is 10.8. The maximum absolute atomic E-state index is 10.8. The Balaban J connectivity index is 0.000000704. The molecule has 20 heavy (non-hydrogen) atoms. The fourth-order valence-corrected chi connectivity index (χ4v) is 2.45. The number of fused-ring (bicyclic) bond motifs is 1. The molecule has 6 heteroatoms. The average Bonchev–Trinajstić information content (AvgIpc) is 2.56. The molecule has 0 aliphatic carbocycles. The number of aliphatic hydroxyl groups excluding tert-OH is 1. The third-order valence-corrected chi connectivity index (χ3v) is 3.34. The number of hydrogen-bond acceptors (Lipinski definition) is 5. The molecule has 0 bridgehead atoms. The minimum Gasteiger partial charge on any atom is -0.400 e. The van der Waals surface area contributed by atoms with Crippen molar-refractivity contribution in [2.24, 2.45) is 5.18 Å². The van der Waals surface area contributed by atoms with Crippen molar-refractivity contribution < 1.29 is 10.1 Å². The highest BCUT2D eigenvalue weighted by atomic mass is 16.3. The van der Waals surface area contributed by atoms with Crippen LogP contribution >= 0.6 is 0 Å². The van der Waals surface area contributed by atoms with Crippen LogP contribution in [0.15, 0.2) is 35.6 Å². The number of nitroso groups, excluding NO2 is 1. The Labute approximate surface area is 117 Å². The summed E-state index contributed by atoms with van der Waals surface area (Å²) in [6, 6.07) is 7.74. The number of H-pyrrole nitrogens is 1. The summed E-state index contributed by atoms with van der Waals surface area (Å²) in [6.45, 7) is 3.95. The van der Waals surface area contributed by atoms with Crippen LogP contribution in [0.3, 0.4) is 0 Å². The second-order valence-electron chi connectivity index (χ2n) is 4.39. The molecule has 2 heterocycles. The van der Waals surface area contributed by atoms with Crippen LogP contribution in [-0.4, -0.2) is 38.4 Å². The molecular formula is C14H19N4O2+. The van der Waals surface area contributed by atoms with Crippen LogP contribution in [0.5, 0.6) is 0 Å². The quantitative estimate of drug-likeness (QED) is 0.804. The zero-order valence-electron chi connectivity index (χ0n) is 11.5. The number of hydrogen-bond donors (Lipinski definition) is 2. The zero-order valence-corrected chi connectivity index (χ0v) is 11.5. The van der Waals surface area contributed by atoms with Gasteiger partial charge in [0.05, 0.1) is 11.1 Å². The number of nitrogens with zero attached hydrogens (tertiary/aromatic N) is 2. The highest BCUT2D eigenvalue weighted by molar-refractivity contribution is 5.96. The third-order valence-electron chi connectivity index (χ3n) is 3.34. The lowest BCUT2D eigenvalue weighted by Crippen LogP contribution is -2.43. The summed E-state index contributed by atoms with van der Waals surface area (Å²) in [5, 5.41) is 14.5. The van der Waals surface area contributed by atoms with Crippen LogP contribution in [0.25, 0.3) is 10.9 Å². The van der Waals surface area contributed by atoms with Gasteiger partial charge in [0, 0.05) is 39.4 Å². The van der Waals surface area contributed by atoms with Gasteiger partial charge in [-0.1, -0.05) is 0 Å². The number of anilines is 1. The molecule has 106 valence electrons. The van der Waals surface area contributed by atoms with Gasteiger partial charge in [-0.2, -0.15) is 0 Å². The fraction of sp³-hybridized carbons (Fsp3) is 0.357. The molecule has 0 saturated carbocycles. The largest absolute Gasteiger partial charge is 0.400 e. The summed E-state index contributed by atoms with van der Waals surface area (Å²) in [5.41, 5.74) is 2.43. The highest BCUT2D eigenvalue weighted by Gasteiger charge is 2.17. The van der Waals surface area contributed by atoms with Crippen LogP contribution in [0.1, 0.15) is 0 Å². The zero-order chi connectivity index (χ0) is 14.4.